The Bertz CT molecular complexity index is 3310. The Hall–Kier alpha value is -7.43. The molecule has 504 valence electrons. The highest BCUT2D eigenvalue weighted by molar-refractivity contribution is 6.89. The smallest absolute Gasteiger partial charge is 0.374 e. The summed E-state index contributed by atoms with van der Waals surface area (Å²) in [6, 6.07) is 45.0. The van der Waals surface area contributed by atoms with Crippen molar-refractivity contribution in [3.05, 3.63) is 162 Å². The Morgan fingerprint density at radius 2 is 0.516 bits per heavy atom. The molecule has 0 aliphatic carbocycles. The van der Waals surface area contributed by atoms with Gasteiger partial charge in [-0.3, -0.25) is 14.4 Å². The van der Waals surface area contributed by atoms with E-state index >= 15 is 0 Å². The average molecular weight is 1390 g/mol. The normalized spacial score (nSPS) is 11.2. The fourth-order valence-electron chi connectivity index (χ4n) is 8.59. The standard InChI is InChI=1S/3C19H27NO6Si2.3CHNO/c1-15-7-11-18(12-8-15)27(22-3,23-4)26-28(24-5,25-6)19-13-9-17(10-14-19)20-16(2)21;1-15-9-7-11-18(13-15)27(22-3,23-4)26-28(24-5,25-6)19-12-8-10-17(14-19)20-16(2)21;1-15-10-12-18(13-11-15)27(22-3,23-4)26-28(24-5,25-6)19-9-7-8-17(14-19)20-16(2)21;3*2-1-3/h3*7-14H,1-6H3,(H,20,21);3*2H. The first-order chi connectivity index (χ1) is 44.3. The van der Waals surface area contributed by atoms with Crippen LogP contribution in [0.3, 0.4) is 0 Å². The lowest BCUT2D eigenvalue weighted by Crippen LogP contribution is -2.68. The molecule has 0 atom stereocenters. The highest BCUT2D eigenvalue weighted by atomic mass is 28.5. The van der Waals surface area contributed by atoms with Gasteiger partial charge in [-0.05, 0) is 57.2 Å². The number of rotatable bonds is 27. The minimum absolute atomic E-state index is 0.143. The first-order valence-corrected chi connectivity index (χ1v) is 37.8. The van der Waals surface area contributed by atoms with Crippen molar-refractivity contribution in [2.45, 2.75) is 41.5 Å². The SMILES string of the molecule is CO[Si](OC)(O[Si](OC)(OC)c1ccc(NC(C)=O)cc1)c1ccc(C)cc1.CO[Si](OC)(O[Si](OC)(OC)c1cccc(NC(C)=O)c1)c1ccc(C)cc1.CO[Si](OC)(O[Si](OC)(OC)c1cccc(NC(C)=O)c1)c1cccc(C)c1.N=C=O.N=C=O.N=C=O. The number of amides is 3. The summed E-state index contributed by atoms with van der Waals surface area (Å²) in [7, 11) is -1.65. The van der Waals surface area contributed by atoms with Crippen LogP contribution >= 0.6 is 0 Å². The summed E-state index contributed by atoms with van der Waals surface area (Å²) in [5.74, 6) is -0.481. The zero-order valence-corrected chi connectivity index (χ0v) is 61.4. The fraction of sp³-hybridized carbons (Fsp3) is 0.300. The first-order valence-electron chi connectivity index (χ1n) is 27.5. The van der Waals surface area contributed by atoms with E-state index in [2.05, 4.69) is 16.0 Å². The molecule has 3 amide bonds. The van der Waals surface area contributed by atoms with Crippen LogP contribution < -0.4 is 47.1 Å². The van der Waals surface area contributed by atoms with Crippen molar-refractivity contribution in [3.63, 3.8) is 0 Å². The number of carbonyl (C=O) groups is 3. The molecule has 0 fully saturated rings. The zero-order valence-electron chi connectivity index (χ0n) is 55.4. The van der Waals surface area contributed by atoms with Gasteiger partial charge in [-0.1, -0.05) is 126 Å². The summed E-state index contributed by atoms with van der Waals surface area (Å²) in [5.41, 5.74) is 5.21. The molecule has 0 saturated carbocycles. The van der Waals surface area contributed by atoms with Crippen LogP contribution in [0.25, 0.3) is 0 Å². The maximum atomic E-state index is 11.4. The summed E-state index contributed by atoms with van der Waals surface area (Å²) in [6.07, 6.45) is 2.25. The van der Waals surface area contributed by atoms with E-state index in [0.29, 0.717) is 27.4 Å². The first kappa shape index (κ1) is 83.6. The van der Waals surface area contributed by atoms with Gasteiger partial charge in [-0.25, -0.2) is 30.6 Å². The molecule has 6 N–H and O–H groups in total. The molecule has 6 rings (SSSR count). The predicted octanol–water partition coefficient (Wildman–Crippen LogP) is 4.35. The Morgan fingerprint density at radius 1 is 0.301 bits per heavy atom. The van der Waals surface area contributed by atoms with Gasteiger partial charge < -0.3 is 81.4 Å². The van der Waals surface area contributed by atoms with Crippen LogP contribution in [0.4, 0.5) is 17.1 Å². The van der Waals surface area contributed by atoms with E-state index in [4.69, 9.17) is 96.1 Å². The van der Waals surface area contributed by atoms with Gasteiger partial charge in [-0.15, -0.1) is 0 Å². The number of anilines is 3. The summed E-state index contributed by atoms with van der Waals surface area (Å²) >= 11 is 0. The van der Waals surface area contributed by atoms with Crippen LogP contribution in [0.15, 0.2) is 146 Å². The number of aryl methyl sites for hydroxylation is 3. The Kier molecular flexibility index (Phi) is 37.8. The van der Waals surface area contributed by atoms with Crippen molar-refractivity contribution in [2.75, 3.05) is 101 Å². The molecule has 0 bridgehead atoms. The summed E-state index contributed by atoms with van der Waals surface area (Å²) in [5, 5.41) is 29.0. The average Bonchev–Trinajstić information content (AvgIpc) is 0.795. The van der Waals surface area contributed by atoms with Crippen molar-refractivity contribution in [1.29, 1.82) is 16.2 Å². The van der Waals surface area contributed by atoms with Gasteiger partial charge in [0.15, 0.2) is 0 Å². The van der Waals surface area contributed by atoms with E-state index in [0.717, 1.165) is 55.7 Å². The van der Waals surface area contributed by atoms with E-state index in [1.807, 2.05) is 118 Å². The van der Waals surface area contributed by atoms with Crippen molar-refractivity contribution in [3.8, 4) is 0 Å². The van der Waals surface area contributed by atoms with Gasteiger partial charge in [0.05, 0.1) is 0 Å². The van der Waals surface area contributed by atoms with Crippen LogP contribution in [0.1, 0.15) is 37.5 Å². The highest BCUT2D eigenvalue weighted by Gasteiger charge is 2.58. The predicted molar refractivity (Wildman–Crippen MR) is 361 cm³/mol. The van der Waals surface area contributed by atoms with Crippen molar-refractivity contribution >= 4 is 137 Å². The van der Waals surface area contributed by atoms with Crippen LogP contribution in [0.2, 0.25) is 0 Å². The second-order valence-corrected chi connectivity index (χ2v) is 36.3. The maximum Gasteiger partial charge on any atom is 0.529 e. The van der Waals surface area contributed by atoms with E-state index < -0.39 is 52.8 Å². The van der Waals surface area contributed by atoms with Crippen molar-refractivity contribution in [2.24, 2.45) is 0 Å². The second kappa shape index (κ2) is 42.0. The van der Waals surface area contributed by atoms with Crippen LogP contribution in [0.5, 0.6) is 0 Å². The van der Waals surface area contributed by atoms with Gasteiger partial charge in [0.2, 0.25) is 36.0 Å². The van der Waals surface area contributed by atoms with E-state index in [9.17, 15) is 14.4 Å². The molecule has 0 unspecified atom stereocenters. The van der Waals surface area contributed by atoms with Gasteiger partial charge in [0.1, 0.15) is 0 Å². The molecular formula is C60H84N6O21Si6. The summed E-state index contributed by atoms with van der Waals surface area (Å²) < 4.78 is 88.9. The third-order valence-corrected chi connectivity index (χ3v) is 31.9. The molecule has 0 aliphatic heterocycles. The minimum Gasteiger partial charge on any atom is -0.374 e. The van der Waals surface area contributed by atoms with Gasteiger partial charge in [0.25, 0.3) is 0 Å². The third kappa shape index (κ3) is 24.1. The van der Waals surface area contributed by atoms with Gasteiger partial charge in [0, 0.05) is 154 Å². The number of isocyanates is 3. The molecule has 0 heterocycles. The van der Waals surface area contributed by atoms with Crippen LogP contribution in [-0.2, 0) is 94.2 Å². The zero-order chi connectivity index (χ0) is 70.5. The largest absolute Gasteiger partial charge is 0.529 e. The van der Waals surface area contributed by atoms with E-state index in [-0.39, 0.29) is 17.7 Å². The molecule has 0 saturated heterocycles. The second-order valence-electron chi connectivity index (χ2n) is 18.8. The van der Waals surface area contributed by atoms with Gasteiger partial charge >= 0.3 is 52.8 Å². The van der Waals surface area contributed by atoms with Crippen molar-refractivity contribution in [1.82, 2.24) is 0 Å². The Labute approximate surface area is 549 Å². The maximum absolute atomic E-state index is 11.4. The molecule has 93 heavy (non-hydrogen) atoms. The molecule has 33 heteroatoms. The van der Waals surface area contributed by atoms with Gasteiger partial charge in [-0.2, -0.15) is 0 Å². The fourth-order valence-corrected chi connectivity index (χ4v) is 27.2. The van der Waals surface area contributed by atoms with Crippen molar-refractivity contribution < 1.29 is 94.2 Å². The number of hydrogen-bond donors (Lipinski definition) is 6. The molecule has 0 spiro atoms. The number of benzene rings is 6. The molecule has 6 aromatic rings. The Balaban J connectivity index is 0.000000653. The topological polar surface area (TPSA) is 349 Å². The lowest BCUT2D eigenvalue weighted by molar-refractivity contribution is -0.115. The summed E-state index contributed by atoms with van der Waals surface area (Å²) in [6.45, 7) is 10.4. The number of nitrogens with one attached hydrogen (secondary N) is 6. The van der Waals surface area contributed by atoms with Crippen LogP contribution in [0, 0.1) is 37.0 Å². The molecule has 0 aromatic heterocycles. The summed E-state index contributed by atoms with van der Waals surface area (Å²) in [4.78, 5) is 59.1. The molecular weight excluding hydrogens is 1310 g/mol. The lowest BCUT2D eigenvalue weighted by atomic mass is 10.2. The third-order valence-electron chi connectivity index (χ3n) is 12.8. The number of carbonyl (C=O) groups excluding carboxylic acids is 6. The van der Waals surface area contributed by atoms with E-state index in [1.54, 1.807) is 91.2 Å². The monoisotopic (exact) mass is 1390 g/mol. The van der Waals surface area contributed by atoms with E-state index in [1.165, 1.54) is 63.4 Å². The molecule has 0 aliphatic rings. The number of hydrogen-bond acceptors (Lipinski definition) is 24. The quantitative estimate of drug-likeness (QED) is 0.0237. The molecule has 27 nitrogen and oxygen atoms in total. The minimum atomic E-state index is -3.42. The van der Waals surface area contributed by atoms with Crippen LogP contribution in [-0.4, -0.2) is 174 Å². The lowest BCUT2D eigenvalue weighted by Gasteiger charge is -2.36. The Morgan fingerprint density at radius 3 is 0.753 bits per heavy atom. The highest BCUT2D eigenvalue weighted by Crippen LogP contribution is 2.24. The molecule has 6 aromatic carbocycles. The molecule has 0 radical (unpaired) electrons.